The highest BCUT2D eigenvalue weighted by Gasteiger charge is 2.44. The molecule has 4 aromatic heterocycles. The van der Waals surface area contributed by atoms with E-state index in [1.54, 1.807) is 29.8 Å². The number of hydrogen-bond acceptors (Lipinski definition) is 14. The molecule has 6 aromatic rings. The van der Waals surface area contributed by atoms with Crippen LogP contribution >= 0.6 is 22.7 Å². The third-order valence-corrected chi connectivity index (χ3v) is 16.7. The summed E-state index contributed by atoms with van der Waals surface area (Å²) < 4.78 is 6.59. The van der Waals surface area contributed by atoms with Crippen molar-refractivity contribution in [2.24, 2.45) is 11.3 Å². The Hall–Kier alpha value is -6.83. The zero-order valence-corrected chi connectivity index (χ0v) is 45.5. The largest absolute Gasteiger partial charge is 0.446 e. The van der Waals surface area contributed by atoms with Crippen molar-refractivity contribution in [3.8, 4) is 21.6 Å². The van der Waals surface area contributed by atoms with Crippen LogP contribution in [0.15, 0.2) is 78.7 Å². The Labute approximate surface area is 451 Å². The highest BCUT2D eigenvalue weighted by molar-refractivity contribution is 7.22. The van der Waals surface area contributed by atoms with Crippen molar-refractivity contribution in [1.29, 1.82) is 0 Å². The first-order valence-corrected chi connectivity index (χ1v) is 28.2. The number of aliphatic hydroxyl groups is 1. The molecule has 17 nitrogen and oxygen atoms in total. The van der Waals surface area contributed by atoms with E-state index >= 15 is 0 Å². The molecule has 0 spiro atoms. The normalized spacial score (nSPS) is 17.8. The van der Waals surface area contributed by atoms with Gasteiger partial charge in [-0.05, 0) is 118 Å². The molecule has 1 saturated carbocycles. The molecule has 19 heteroatoms. The molecule has 3 fully saturated rings. The van der Waals surface area contributed by atoms with E-state index in [1.807, 2.05) is 88.7 Å². The lowest BCUT2D eigenvalue weighted by molar-refractivity contribution is -0.142. The van der Waals surface area contributed by atoms with Crippen LogP contribution in [-0.4, -0.2) is 104 Å². The molecular formula is C57H68N10O7S2. The van der Waals surface area contributed by atoms with Gasteiger partial charge in [0.1, 0.15) is 18.2 Å². The van der Waals surface area contributed by atoms with Gasteiger partial charge in [0.2, 0.25) is 17.7 Å². The van der Waals surface area contributed by atoms with E-state index in [2.05, 4.69) is 46.1 Å². The standard InChI is InChI=1S/C57H68N10O7S2/c1-34-46(63-56(73)74-44-11-7-6-8-12-44)25-40(30-59-34)39-18-19-45-48(26-39)76-55(62-45)64-49(69)13-9-10-36-20-22-66(23-21-36)42-24-41(29-58-31-42)52(70)65-51(57(3,4)5)54(72)67-32-43(68)27-47(67)53(71)60-28-37-14-16-38(17-15-37)50-35(2)61-33-75-50/h14-19,24-26,29-31,33,36,43-44,47,51,68H,6-13,20-23,27-28,32H2,1-5H3,(H,60,71)(H,63,73)(H,65,70)(H,62,64,69)/t43-,47+,51-/m1/s1. The average Bonchev–Trinajstić information content (AvgIpc) is 4.15. The van der Waals surface area contributed by atoms with Crippen molar-refractivity contribution in [3.05, 3.63) is 101 Å². The lowest BCUT2D eigenvalue weighted by Crippen LogP contribution is -2.57. The SMILES string of the molecule is Cc1ncc(-c2ccc3nc(NC(=O)CCCC4CCN(c5cncc(C(=O)N[C@H](C(=O)N6C[C@H](O)C[C@H]6C(=O)NCc6ccc(-c7scnc7C)cc6)C(C)(C)C)c5)CC4)sc3c2)cc1NC(=O)OC1CCCCC1. The van der Waals surface area contributed by atoms with E-state index < -0.39 is 41.5 Å². The number of anilines is 3. The second kappa shape index (κ2) is 24.0. The minimum Gasteiger partial charge on any atom is -0.446 e. The maximum Gasteiger partial charge on any atom is 0.411 e. The average molecular weight is 1070 g/mol. The van der Waals surface area contributed by atoms with Gasteiger partial charge in [0.15, 0.2) is 5.13 Å². The summed E-state index contributed by atoms with van der Waals surface area (Å²) in [5, 5.41) is 23.1. The quantitative estimate of drug-likeness (QED) is 0.0611. The van der Waals surface area contributed by atoms with Crippen molar-refractivity contribution in [2.75, 3.05) is 35.2 Å². The number of nitrogens with one attached hydrogen (secondary N) is 4. The second-order valence-corrected chi connectivity index (χ2v) is 23.4. The molecule has 6 heterocycles. The smallest absolute Gasteiger partial charge is 0.411 e. The van der Waals surface area contributed by atoms with Gasteiger partial charge in [-0.1, -0.05) is 68.9 Å². The van der Waals surface area contributed by atoms with E-state index in [4.69, 9.17) is 4.74 Å². The number of benzene rings is 2. The van der Waals surface area contributed by atoms with Gasteiger partial charge in [-0.2, -0.15) is 0 Å². The molecule has 1 aliphatic carbocycles. The minimum atomic E-state index is -0.995. The third-order valence-electron chi connectivity index (χ3n) is 14.8. The van der Waals surface area contributed by atoms with Crippen molar-refractivity contribution < 1.29 is 33.8 Å². The van der Waals surface area contributed by atoms with Crippen LogP contribution in [0.4, 0.5) is 21.3 Å². The fourth-order valence-corrected chi connectivity index (χ4v) is 12.1. The summed E-state index contributed by atoms with van der Waals surface area (Å²) in [6, 6.07) is 15.6. The van der Waals surface area contributed by atoms with Gasteiger partial charge in [0.05, 0.1) is 61.2 Å². The highest BCUT2D eigenvalue weighted by atomic mass is 32.1. The van der Waals surface area contributed by atoms with Crippen molar-refractivity contribution in [3.63, 3.8) is 0 Å². The summed E-state index contributed by atoms with van der Waals surface area (Å²) in [6.45, 7) is 11.2. The Kier molecular flexibility index (Phi) is 17.1. The zero-order chi connectivity index (χ0) is 53.5. The monoisotopic (exact) mass is 1070 g/mol. The maximum atomic E-state index is 14.3. The molecule has 5 N–H and O–H groups in total. The molecule has 3 atom stereocenters. The zero-order valence-electron chi connectivity index (χ0n) is 43.9. The summed E-state index contributed by atoms with van der Waals surface area (Å²) in [6.07, 6.45) is 12.7. The van der Waals surface area contributed by atoms with E-state index in [1.165, 1.54) is 28.9 Å². The van der Waals surface area contributed by atoms with Gasteiger partial charge in [-0.3, -0.25) is 34.5 Å². The Morgan fingerprint density at radius 3 is 2.36 bits per heavy atom. The number of aliphatic hydroxyl groups excluding tert-OH is 1. The van der Waals surface area contributed by atoms with Crippen LogP contribution < -0.4 is 26.2 Å². The number of pyridine rings is 2. The van der Waals surface area contributed by atoms with E-state index in [9.17, 15) is 29.1 Å². The van der Waals surface area contributed by atoms with Gasteiger partial charge in [0.25, 0.3) is 5.91 Å². The first kappa shape index (κ1) is 54.0. The third kappa shape index (κ3) is 13.4. The van der Waals surface area contributed by atoms with Crippen LogP contribution in [0.25, 0.3) is 31.8 Å². The number of carbonyl (C=O) groups excluding carboxylic acids is 5. The lowest BCUT2D eigenvalue weighted by atomic mass is 9.85. The van der Waals surface area contributed by atoms with Crippen molar-refractivity contribution >= 4 is 79.1 Å². The van der Waals surface area contributed by atoms with E-state index in [0.717, 1.165) is 113 Å². The number of likely N-dealkylation sites (tertiary alicyclic amines) is 1. The van der Waals surface area contributed by atoms with Crippen LogP contribution in [0.5, 0.6) is 0 Å². The number of nitrogens with zero attached hydrogens (tertiary/aromatic N) is 6. The molecule has 3 aliphatic rings. The first-order valence-electron chi connectivity index (χ1n) is 26.5. The summed E-state index contributed by atoms with van der Waals surface area (Å²) in [4.78, 5) is 90.4. The Bertz CT molecular complexity index is 3050. The molecular weight excluding hydrogens is 1000 g/mol. The van der Waals surface area contributed by atoms with E-state index in [0.29, 0.717) is 34.4 Å². The summed E-state index contributed by atoms with van der Waals surface area (Å²) in [5.74, 6) is -0.898. The molecule has 5 amide bonds. The van der Waals surface area contributed by atoms with Crippen LogP contribution in [0.2, 0.25) is 0 Å². The fourth-order valence-electron chi connectivity index (χ4n) is 10.4. The second-order valence-electron chi connectivity index (χ2n) is 21.5. The molecule has 0 radical (unpaired) electrons. The number of piperidine rings is 1. The topological polar surface area (TPSA) is 221 Å². The number of amides is 5. The predicted molar refractivity (Wildman–Crippen MR) is 297 cm³/mol. The van der Waals surface area contributed by atoms with Gasteiger partial charge >= 0.3 is 6.09 Å². The maximum absolute atomic E-state index is 14.3. The number of carbonyl (C=O) groups is 5. The first-order chi connectivity index (χ1) is 36.5. The molecule has 0 unspecified atom stereocenters. The number of β-amino-alcohol motifs (C(OH)–C–C–N with tert-alkyl or cyclic N) is 1. The molecule has 400 valence electrons. The van der Waals surface area contributed by atoms with E-state index in [-0.39, 0.29) is 37.4 Å². The van der Waals surface area contributed by atoms with Crippen LogP contribution in [0.3, 0.4) is 0 Å². The van der Waals surface area contributed by atoms with Crippen molar-refractivity contribution in [2.45, 2.75) is 136 Å². The number of thiazole rings is 2. The molecule has 9 rings (SSSR count). The van der Waals surface area contributed by atoms with Crippen molar-refractivity contribution in [1.82, 2.24) is 35.5 Å². The number of fused-ring (bicyclic) bond motifs is 1. The Morgan fingerprint density at radius 2 is 1.62 bits per heavy atom. The van der Waals surface area contributed by atoms with Crippen LogP contribution in [-0.2, 0) is 25.7 Å². The predicted octanol–water partition coefficient (Wildman–Crippen LogP) is 9.82. The van der Waals surface area contributed by atoms with Crippen LogP contribution in [0, 0.1) is 25.2 Å². The summed E-state index contributed by atoms with van der Waals surface area (Å²) in [5.41, 5.74) is 8.95. The fraction of sp³-hybridized carbons (Fsp3) is 0.456. The lowest BCUT2D eigenvalue weighted by Gasteiger charge is -2.35. The molecule has 0 bridgehead atoms. The van der Waals surface area contributed by atoms with Gasteiger partial charge < -0.3 is 35.6 Å². The number of ether oxygens (including phenoxy) is 1. The number of hydrogen-bond donors (Lipinski definition) is 5. The Morgan fingerprint density at radius 1 is 0.855 bits per heavy atom. The number of rotatable bonds is 16. The Balaban J connectivity index is 0.726. The van der Waals surface area contributed by atoms with Gasteiger partial charge in [0, 0.05) is 57.0 Å². The molecule has 2 aliphatic heterocycles. The number of aryl methyl sites for hydroxylation is 2. The van der Waals surface area contributed by atoms with Gasteiger partial charge in [-0.25, -0.2) is 14.8 Å². The highest BCUT2D eigenvalue weighted by Crippen LogP contribution is 2.34. The molecule has 2 saturated heterocycles. The van der Waals surface area contributed by atoms with Crippen LogP contribution in [0.1, 0.15) is 119 Å². The number of aromatic nitrogens is 4. The molecule has 2 aromatic carbocycles. The minimum absolute atomic E-state index is 0.0222. The summed E-state index contributed by atoms with van der Waals surface area (Å²) >= 11 is 2.99. The molecule has 76 heavy (non-hydrogen) atoms. The van der Waals surface area contributed by atoms with Gasteiger partial charge in [-0.15, -0.1) is 11.3 Å². The summed E-state index contributed by atoms with van der Waals surface area (Å²) in [7, 11) is 0.